The Morgan fingerprint density at radius 3 is 2.68 bits per heavy atom. The highest BCUT2D eigenvalue weighted by Gasteiger charge is 2.40. The summed E-state index contributed by atoms with van der Waals surface area (Å²) in [7, 11) is 0. The minimum atomic E-state index is -0.629. The molecule has 0 heterocycles. The standard InChI is InChI=1S/C23H38O5/c1-4-10-17(3)15-18(24)13-14-20-19(21(25)16-22(20)26)11-8-6-7-9-12-23(27)28-5-2/h6,8,17,19-20,22,26H,4-5,7,9-16H2,1-3H3/b8-6-. The van der Waals surface area contributed by atoms with Crippen molar-refractivity contribution in [2.75, 3.05) is 6.61 Å². The monoisotopic (exact) mass is 394 g/mol. The lowest BCUT2D eigenvalue weighted by molar-refractivity contribution is -0.143. The van der Waals surface area contributed by atoms with E-state index in [2.05, 4.69) is 13.8 Å². The van der Waals surface area contributed by atoms with Crippen molar-refractivity contribution < 1.29 is 24.2 Å². The lowest BCUT2D eigenvalue weighted by Crippen LogP contribution is -2.21. The molecule has 0 aromatic heterocycles. The molecule has 1 aliphatic carbocycles. The molecule has 0 spiro atoms. The number of esters is 1. The Kier molecular flexibility index (Phi) is 12.0. The summed E-state index contributed by atoms with van der Waals surface area (Å²) in [4.78, 5) is 35.7. The molecule has 1 fully saturated rings. The summed E-state index contributed by atoms with van der Waals surface area (Å²) >= 11 is 0. The van der Waals surface area contributed by atoms with Crippen LogP contribution in [0.3, 0.4) is 0 Å². The normalized spacial score (nSPS) is 23.3. The van der Waals surface area contributed by atoms with E-state index >= 15 is 0 Å². The largest absolute Gasteiger partial charge is 0.466 e. The van der Waals surface area contributed by atoms with Gasteiger partial charge in [0.1, 0.15) is 11.6 Å². The smallest absolute Gasteiger partial charge is 0.305 e. The second kappa shape index (κ2) is 13.6. The second-order valence-electron chi connectivity index (χ2n) is 8.09. The van der Waals surface area contributed by atoms with Crippen molar-refractivity contribution in [2.45, 2.75) is 91.1 Å². The number of rotatable bonds is 14. The molecule has 0 bridgehead atoms. The molecular formula is C23H38O5. The van der Waals surface area contributed by atoms with Gasteiger partial charge in [-0.1, -0.05) is 38.8 Å². The SMILES string of the molecule is CCCC(C)CC(=O)CCC1C(O)CC(=O)C1C/C=C\CCCC(=O)OCC. The molecule has 5 heteroatoms. The molecule has 5 nitrogen and oxygen atoms in total. The molecule has 4 atom stereocenters. The van der Waals surface area contributed by atoms with E-state index < -0.39 is 6.10 Å². The fraction of sp³-hybridized carbons (Fsp3) is 0.783. The molecular weight excluding hydrogens is 356 g/mol. The number of Topliss-reactive ketones (excluding diaryl/α,β-unsaturated/α-hetero) is 2. The summed E-state index contributed by atoms with van der Waals surface area (Å²) in [5.41, 5.74) is 0. The molecule has 0 aromatic carbocycles. The molecule has 0 saturated heterocycles. The van der Waals surface area contributed by atoms with Crippen LogP contribution in [-0.2, 0) is 19.1 Å². The van der Waals surface area contributed by atoms with Crippen molar-refractivity contribution >= 4 is 17.5 Å². The van der Waals surface area contributed by atoms with E-state index in [4.69, 9.17) is 4.74 Å². The van der Waals surface area contributed by atoms with Crippen molar-refractivity contribution in [3.8, 4) is 0 Å². The highest BCUT2D eigenvalue weighted by Crippen LogP contribution is 2.35. The zero-order chi connectivity index (χ0) is 20.9. The average Bonchev–Trinajstić information content (AvgIpc) is 2.89. The van der Waals surface area contributed by atoms with Crippen molar-refractivity contribution in [1.29, 1.82) is 0 Å². The number of unbranched alkanes of at least 4 members (excludes halogenated alkanes) is 1. The predicted octanol–water partition coefficient (Wildman–Crippen LogP) is 4.41. The van der Waals surface area contributed by atoms with Gasteiger partial charge < -0.3 is 9.84 Å². The van der Waals surface area contributed by atoms with Gasteiger partial charge in [-0.25, -0.2) is 0 Å². The van der Waals surface area contributed by atoms with Crippen LogP contribution in [0.5, 0.6) is 0 Å². The summed E-state index contributed by atoms with van der Waals surface area (Å²) in [6.45, 7) is 6.42. The van der Waals surface area contributed by atoms with Gasteiger partial charge in [0, 0.05) is 31.6 Å². The first-order chi connectivity index (χ1) is 13.4. The molecule has 1 rings (SSSR count). The predicted molar refractivity (Wildman–Crippen MR) is 110 cm³/mol. The zero-order valence-electron chi connectivity index (χ0n) is 17.8. The summed E-state index contributed by atoms with van der Waals surface area (Å²) in [5, 5.41) is 10.3. The van der Waals surface area contributed by atoms with E-state index in [1.807, 2.05) is 12.2 Å². The summed E-state index contributed by atoms with van der Waals surface area (Å²) in [6, 6.07) is 0. The van der Waals surface area contributed by atoms with Crippen LogP contribution in [-0.4, -0.2) is 35.4 Å². The highest BCUT2D eigenvalue weighted by molar-refractivity contribution is 5.84. The van der Waals surface area contributed by atoms with Gasteiger partial charge in [0.05, 0.1) is 12.7 Å². The van der Waals surface area contributed by atoms with Crippen LogP contribution in [0.1, 0.15) is 85.0 Å². The van der Waals surface area contributed by atoms with Crippen LogP contribution in [0.25, 0.3) is 0 Å². The minimum Gasteiger partial charge on any atom is -0.466 e. The molecule has 1 aliphatic rings. The maximum Gasteiger partial charge on any atom is 0.305 e. The van der Waals surface area contributed by atoms with Gasteiger partial charge in [0.15, 0.2) is 0 Å². The Morgan fingerprint density at radius 2 is 2.00 bits per heavy atom. The van der Waals surface area contributed by atoms with Gasteiger partial charge in [0.2, 0.25) is 0 Å². The van der Waals surface area contributed by atoms with Crippen LogP contribution in [0.4, 0.5) is 0 Å². The van der Waals surface area contributed by atoms with Crippen LogP contribution >= 0.6 is 0 Å². The second-order valence-corrected chi connectivity index (χ2v) is 8.09. The van der Waals surface area contributed by atoms with E-state index in [0.29, 0.717) is 44.6 Å². The first-order valence-electron chi connectivity index (χ1n) is 10.9. The number of hydrogen-bond acceptors (Lipinski definition) is 5. The number of aliphatic hydroxyl groups is 1. The van der Waals surface area contributed by atoms with E-state index in [1.165, 1.54) is 0 Å². The molecule has 0 amide bonds. The molecule has 0 radical (unpaired) electrons. The summed E-state index contributed by atoms with van der Waals surface area (Å²) < 4.78 is 4.89. The number of carbonyl (C=O) groups is 3. The minimum absolute atomic E-state index is 0.0977. The Balaban J connectivity index is 2.40. The third kappa shape index (κ3) is 9.13. The van der Waals surface area contributed by atoms with Gasteiger partial charge in [-0.15, -0.1) is 0 Å². The van der Waals surface area contributed by atoms with Crippen molar-refractivity contribution in [3.63, 3.8) is 0 Å². The van der Waals surface area contributed by atoms with E-state index in [0.717, 1.165) is 25.7 Å². The van der Waals surface area contributed by atoms with Crippen LogP contribution in [0.2, 0.25) is 0 Å². The number of carbonyl (C=O) groups excluding carboxylic acids is 3. The maximum atomic E-state index is 12.2. The average molecular weight is 395 g/mol. The van der Waals surface area contributed by atoms with Crippen LogP contribution in [0.15, 0.2) is 12.2 Å². The van der Waals surface area contributed by atoms with Crippen molar-refractivity contribution in [3.05, 3.63) is 12.2 Å². The topological polar surface area (TPSA) is 80.7 Å². The molecule has 28 heavy (non-hydrogen) atoms. The van der Waals surface area contributed by atoms with Crippen molar-refractivity contribution in [2.24, 2.45) is 17.8 Å². The number of hydrogen-bond donors (Lipinski definition) is 1. The van der Waals surface area contributed by atoms with E-state index in [-0.39, 0.29) is 35.8 Å². The molecule has 0 aromatic rings. The van der Waals surface area contributed by atoms with Crippen LogP contribution < -0.4 is 0 Å². The zero-order valence-corrected chi connectivity index (χ0v) is 17.8. The van der Waals surface area contributed by atoms with E-state index in [9.17, 15) is 19.5 Å². The number of aliphatic hydroxyl groups excluding tert-OH is 1. The first kappa shape index (κ1) is 24.5. The molecule has 1 saturated carbocycles. The van der Waals surface area contributed by atoms with Gasteiger partial charge in [-0.3, -0.25) is 14.4 Å². The fourth-order valence-corrected chi connectivity index (χ4v) is 4.09. The molecule has 0 aliphatic heterocycles. The molecule has 1 N–H and O–H groups in total. The first-order valence-corrected chi connectivity index (χ1v) is 10.9. The Morgan fingerprint density at radius 1 is 1.25 bits per heavy atom. The maximum absolute atomic E-state index is 12.2. The number of ketones is 2. The van der Waals surface area contributed by atoms with Gasteiger partial charge in [0.25, 0.3) is 0 Å². The Labute approximate surface area is 169 Å². The molecule has 160 valence electrons. The highest BCUT2D eigenvalue weighted by atomic mass is 16.5. The van der Waals surface area contributed by atoms with E-state index in [1.54, 1.807) is 6.92 Å². The lowest BCUT2D eigenvalue weighted by atomic mass is 9.86. The fourth-order valence-electron chi connectivity index (χ4n) is 4.09. The van der Waals surface area contributed by atoms with Crippen LogP contribution in [0, 0.1) is 17.8 Å². The van der Waals surface area contributed by atoms with Gasteiger partial charge in [-0.05, 0) is 44.4 Å². The summed E-state index contributed by atoms with van der Waals surface area (Å²) in [5.74, 6) is 0.240. The summed E-state index contributed by atoms with van der Waals surface area (Å²) in [6.07, 6.45) is 9.80. The third-order valence-electron chi connectivity index (χ3n) is 5.56. The quantitative estimate of drug-likeness (QED) is 0.268. The molecule has 4 unspecified atom stereocenters. The number of ether oxygens (including phenoxy) is 1. The Bertz CT molecular complexity index is 525. The van der Waals surface area contributed by atoms with Gasteiger partial charge >= 0.3 is 5.97 Å². The lowest BCUT2D eigenvalue weighted by Gasteiger charge is -2.20. The van der Waals surface area contributed by atoms with Crippen molar-refractivity contribution in [1.82, 2.24) is 0 Å². The number of allylic oxidation sites excluding steroid dienone is 2. The van der Waals surface area contributed by atoms with Gasteiger partial charge in [-0.2, -0.15) is 0 Å². The third-order valence-corrected chi connectivity index (χ3v) is 5.56. The Hall–Kier alpha value is -1.49.